The van der Waals surface area contributed by atoms with Crippen molar-refractivity contribution < 1.29 is 4.42 Å². The van der Waals surface area contributed by atoms with E-state index in [2.05, 4.69) is 195 Å². The van der Waals surface area contributed by atoms with E-state index >= 15 is 0 Å². The molecule has 1 aliphatic carbocycles. The third kappa shape index (κ3) is 4.38. The molecule has 0 aliphatic heterocycles. The van der Waals surface area contributed by atoms with Crippen molar-refractivity contribution >= 4 is 92.1 Å². The Balaban J connectivity index is 1.10. The molecule has 11 aromatic rings. The Morgan fingerprint density at radius 2 is 1.12 bits per heavy atom. The zero-order valence-electron chi connectivity index (χ0n) is 31.0. The standard InChI is InChI=1S/C53H35NOS/c1-53(2)42-20-8-7-17-39(42)40-19-10-18-38(51(40)53)34-24-27-35(28-25-34)54(43-21-9-14-32-12-3-5-15-36(32)43)44-22-11-23-46-49(44)50-47(56-46)31-29-41-48-37-16-6-4-13-33(37)26-30-45(48)55-52(41)50/h3-31H,1-2H3. The van der Waals surface area contributed by atoms with Crippen molar-refractivity contribution in [1.82, 2.24) is 0 Å². The molecule has 0 spiro atoms. The summed E-state index contributed by atoms with van der Waals surface area (Å²) in [7, 11) is 0. The van der Waals surface area contributed by atoms with Gasteiger partial charge in [-0.15, -0.1) is 11.3 Å². The summed E-state index contributed by atoms with van der Waals surface area (Å²) in [6.45, 7) is 4.73. The van der Waals surface area contributed by atoms with Crippen LogP contribution in [0.15, 0.2) is 180 Å². The minimum atomic E-state index is -0.0971. The van der Waals surface area contributed by atoms with Gasteiger partial charge in [0.05, 0.1) is 11.4 Å². The molecule has 0 bridgehead atoms. The fourth-order valence-corrected chi connectivity index (χ4v) is 10.9. The molecule has 0 unspecified atom stereocenters. The van der Waals surface area contributed by atoms with Crippen LogP contribution in [0.2, 0.25) is 0 Å². The third-order valence-electron chi connectivity index (χ3n) is 12.2. The van der Waals surface area contributed by atoms with Gasteiger partial charge in [-0.25, -0.2) is 0 Å². The third-order valence-corrected chi connectivity index (χ3v) is 13.4. The summed E-state index contributed by atoms with van der Waals surface area (Å²) in [5.41, 5.74) is 13.1. The first-order valence-corrected chi connectivity index (χ1v) is 20.2. The molecule has 0 N–H and O–H groups in total. The Morgan fingerprint density at radius 3 is 2.00 bits per heavy atom. The van der Waals surface area contributed by atoms with Crippen LogP contribution in [0.1, 0.15) is 25.0 Å². The molecular formula is C53H35NOS. The van der Waals surface area contributed by atoms with Crippen molar-refractivity contribution in [3.63, 3.8) is 0 Å². The lowest BCUT2D eigenvalue weighted by Crippen LogP contribution is -2.16. The lowest BCUT2D eigenvalue weighted by molar-refractivity contribution is 0.662. The predicted molar refractivity (Wildman–Crippen MR) is 239 cm³/mol. The number of rotatable bonds is 4. The van der Waals surface area contributed by atoms with E-state index in [4.69, 9.17) is 4.42 Å². The average molecular weight is 734 g/mol. The van der Waals surface area contributed by atoms with E-state index in [1.165, 1.54) is 80.5 Å². The average Bonchev–Trinajstić information content (AvgIpc) is 3.90. The van der Waals surface area contributed by atoms with Gasteiger partial charge in [-0.3, -0.25) is 0 Å². The number of hydrogen-bond acceptors (Lipinski definition) is 3. The highest BCUT2D eigenvalue weighted by Crippen LogP contribution is 2.53. The van der Waals surface area contributed by atoms with Gasteiger partial charge in [0.1, 0.15) is 11.2 Å². The maximum absolute atomic E-state index is 6.89. The number of fused-ring (bicyclic) bond motifs is 13. The molecule has 0 saturated carbocycles. The normalized spacial score (nSPS) is 13.3. The van der Waals surface area contributed by atoms with Crippen molar-refractivity contribution in [3.05, 3.63) is 187 Å². The summed E-state index contributed by atoms with van der Waals surface area (Å²) in [4.78, 5) is 2.46. The van der Waals surface area contributed by atoms with E-state index in [0.717, 1.165) is 33.6 Å². The highest BCUT2D eigenvalue weighted by molar-refractivity contribution is 7.26. The molecule has 264 valence electrons. The van der Waals surface area contributed by atoms with Crippen LogP contribution in [0, 0.1) is 0 Å². The van der Waals surface area contributed by atoms with Gasteiger partial charge in [-0.1, -0.05) is 141 Å². The van der Waals surface area contributed by atoms with Gasteiger partial charge in [-0.05, 0) is 98.1 Å². The second-order valence-corrected chi connectivity index (χ2v) is 16.7. The van der Waals surface area contributed by atoms with Gasteiger partial charge >= 0.3 is 0 Å². The van der Waals surface area contributed by atoms with Crippen molar-refractivity contribution in [2.75, 3.05) is 4.90 Å². The van der Waals surface area contributed by atoms with Crippen LogP contribution >= 0.6 is 11.3 Å². The van der Waals surface area contributed by atoms with Crippen molar-refractivity contribution in [3.8, 4) is 22.3 Å². The van der Waals surface area contributed by atoms with E-state index in [1.54, 1.807) is 0 Å². The second kappa shape index (κ2) is 11.7. The van der Waals surface area contributed by atoms with Crippen LogP contribution in [0.5, 0.6) is 0 Å². The maximum Gasteiger partial charge on any atom is 0.144 e. The highest BCUT2D eigenvalue weighted by Gasteiger charge is 2.37. The number of nitrogens with zero attached hydrogens (tertiary/aromatic N) is 1. The maximum atomic E-state index is 6.89. The largest absolute Gasteiger partial charge is 0.455 e. The quantitative estimate of drug-likeness (QED) is 0.179. The molecule has 0 atom stereocenters. The van der Waals surface area contributed by atoms with Gasteiger partial charge in [0.2, 0.25) is 0 Å². The molecule has 56 heavy (non-hydrogen) atoms. The molecule has 3 heteroatoms. The first-order chi connectivity index (χ1) is 27.5. The van der Waals surface area contributed by atoms with Crippen LogP contribution in [-0.2, 0) is 5.41 Å². The molecule has 0 fully saturated rings. The molecule has 2 aromatic heterocycles. The van der Waals surface area contributed by atoms with Crippen molar-refractivity contribution in [2.24, 2.45) is 0 Å². The van der Waals surface area contributed by atoms with Crippen LogP contribution in [0.4, 0.5) is 17.1 Å². The van der Waals surface area contributed by atoms with Gasteiger partial charge in [-0.2, -0.15) is 0 Å². The van der Waals surface area contributed by atoms with E-state index < -0.39 is 0 Å². The number of benzene rings is 9. The molecule has 0 amide bonds. The molecule has 0 radical (unpaired) electrons. The van der Waals surface area contributed by atoms with Gasteiger partial charge < -0.3 is 9.32 Å². The van der Waals surface area contributed by atoms with E-state index in [1.807, 2.05) is 11.3 Å². The summed E-state index contributed by atoms with van der Waals surface area (Å²) >= 11 is 1.83. The summed E-state index contributed by atoms with van der Waals surface area (Å²) < 4.78 is 9.34. The van der Waals surface area contributed by atoms with E-state index in [-0.39, 0.29) is 5.41 Å². The van der Waals surface area contributed by atoms with E-state index in [9.17, 15) is 0 Å². The van der Waals surface area contributed by atoms with Crippen LogP contribution in [0.3, 0.4) is 0 Å². The Morgan fingerprint density at radius 1 is 0.464 bits per heavy atom. The SMILES string of the molecule is CC1(C)c2ccccc2-c2cccc(-c3ccc(N(c4cccc5ccccc45)c4cccc5sc6ccc7c(oc8ccc9ccccc9c87)c6c45)cc3)c21. The summed E-state index contributed by atoms with van der Waals surface area (Å²) in [5.74, 6) is 0. The molecule has 12 rings (SSSR count). The van der Waals surface area contributed by atoms with Crippen molar-refractivity contribution in [2.45, 2.75) is 19.3 Å². The Bertz CT molecular complexity index is 3400. The lowest BCUT2D eigenvalue weighted by Gasteiger charge is -2.28. The van der Waals surface area contributed by atoms with Crippen LogP contribution in [-0.4, -0.2) is 0 Å². The predicted octanol–water partition coefficient (Wildman–Crippen LogP) is 15.7. The zero-order chi connectivity index (χ0) is 37.1. The fourth-order valence-electron chi connectivity index (χ4n) is 9.76. The first kappa shape index (κ1) is 31.6. The summed E-state index contributed by atoms with van der Waals surface area (Å²) in [6.07, 6.45) is 0. The molecule has 0 saturated heterocycles. The molecule has 2 nitrogen and oxygen atoms in total. The molecule has 2 heterocycles. The lowest BCUT2D eigenvalue weighted by atomic mass is 9.79. The van der Waals surface area contributed by atoms with Gasteiger partial charge in [0, 0.05) is 47.4 Å². The Labute approximate surface area is 328 Å². The molecular weight excluding hydrogens is 699 g/mol. The first-order valence-electron chi connectivity index (χ1n) is 19.3. The minimum absolute atomic E-state index is 0.0971. The van der Waals surface area contributed by atoms with Crippen LogP contribution < -0.4 is 4.90 Å². The monoisotopic (exact) mass is 733 g/mol. The zero-order valence-corrected chi connectivity index (χ0v) is 31.8. The number of thiophene rings is 1. The smallest absolute Gasteiger partial charge is 0.144 e. The van der Waals surface area contributed by atoms with Crippen LogP contribution in [0.25, 0.3) is 85.9 Å². The summed E-state index contributed by atoms with van der Waals surface area (Å²) in [5, 5.41) is 9.56. The van der Waals surface area contributed by atoms with Crippen molar-refractivity contribution in [1.29, 1.82) is 0 Å². The topological polar surface area (TPSA) is 16.4 Å². The number of furan rings is 1. The Kier molecular flexibility index (Phi) is 6.59. The fraction of sp³-hybridized carbons (Fsp3) is 0.0566. The Hall–Kier alpha value is -6.68. The number of hydrogen-bond donors (Lipinski definition) is 0. The van der Waals surface area contributed by atoms with E-state index in [0.29, 0.717) is 0 Å². The minimum Gasteiger partial charge on any atom is -0.455 e. The summed E-state index contributed by atoms with van der Waals surface area (Å²) in [6, 6.07) is 64.5. The number of anilines is 3. The highest BCUT2D eigenvalue weighted by atomic mass is 32.1. The van der Waals surface area contributed by atoms with Gasteiger partial charge in [0.15, 0.2) is 0 Å². The second-order valence-electron chi connectivity index (χ2n) is 15.6. The molecule has 1 aliphatic rings. The van der Waals surface area contributed by atoms with Gasteiger partial charge in [0.25, 0.3) is 0 Å². The molecule has 9 aromatic carbocycles.